The molecule has 2 aromatic rings. The zero-order valence-corrected chi connectivity index (χ0v) is 19.2. The van der Waals surface area contributed by atoms with Crippen LogP contribution in [0.1, 0.15) is 24.2 Å². The van der Waals surface area contributed by atoms with Crippen LogP contribution in [0.4, 0.5) is 11.4 Å². The summed E-state index contributed by atoms with van der Waals surface area (Å²) in [7, 11) is -6.89. The van der Waals surface area contributed by atoms with Gasteiger partial charge in [0.2, 0.25) is 15.9 Å². The van der Waals surface area contributed by atoms with E-state index in [4.69, 9.17) is 9.47 Å². The topological polar surface area (TPSA) is 136 Å². The van der Waals surface area contributed by atoms with Crippen molar-refractivity contribution >= 4 is 43.3 Å². The summed E-state index contributed by atoms with van der Waals surface area (Å²) in [6.07, 6.45) is 0. The first-order chi connectivity index (χ1) is 15.0. The number of methoxy groups -OCH3 is 1. The number of nitrogens with zero attached hydrogens (tertiary/aromatic N) is 1. The van der Waals surface area contributed by atoms with Crippen molar-refractivity contribution in [2.24, 2.45) is 5.92 Å². The van der Waals surface area contributed by atoms with Gasteiger partial charge in [0.15, 0.2) is 0 Å². The Bertz CT molecular complexity index is 1260. The quantitative estimate of drug-likeness (QED) is 0.592. The lowest BCUT2D eigenvalue weighted by Crippen LogP contribution is -2.30. The third-order valence-corrected chi connectivity index (χ3v) is 7.95. The molecule has 1 atom stereocenters. The van der Waals surface area contributed by atoms with E-state index >= 15 is 0 Å². The van der Waals surface area contributed by atoms with Crippen LogP contribution < -0.4 is 13.8 Å². The van der Waals surface area contributed by atoms with E-state index in [9.17, 15) is 26.4 Å². The van der Waals surface area contributed by atoms with Crippen LogP contribution in [-0.2, 0) is 29.6 Å². The van der Waals surface area contributed by atoms with Crippen LogP contribution in [0.25, 0.3) is 0 Å². The summed E-state index contributed by atoms with van der Waals surface area (Å²) in [5, 5.41) is 0. The molecule has 1 amide bonds. The second kappa shape index (κ2) is 8.79. The minimum Gasteiger partial charge on any atom is -0.495 e. The summed E-state index contributed by atoms with van der Waals surface area (Å²) >= 11 is 0. The van der Waals surface area contributed by atoms with Gasteiger partial charge in [-0.05, 0) is 49.4 Å². The van der Waals surface area contributed by atoms with Crippen LogP contribution in [0.15, 0.2) is 47.4 Å². The molecule has 1 heterocycles. The molecule has 3 rings (SSSR count). The summed E-state index contributed by atoms with van der Waals surface area (Å²) in [6.45, 7) is 3.36. The Labute approximate surface area is 186 Å². The van der Waals surface area contributed by atoms with Gasteiger partial charge in [-0.15, -0.1) is 0 Å². The minimum absolute atomic E-state index is 0.0403. The largest absolute Gasteiger partial charge is 0.495 e. The van der Waals surface area contributed by atoms with Crippen LogP contribution in [0.5, 0.6) is 5.75 Å². The van der Waals surface area contributed by atoms with E-state index in [-0.39, 0.29) is 39.9 Å². The highest BCUT2D eigenvalue weighted by molar-refractivity contribution is 7.94. The second-order valence-electron chi connectivity index (χ2n) is 7.02. The number of ether oxygens (including phenoxy) is 2. The summed E-state index contributed by atoms with van der Waals surface area (Å²) < 4.78 is 63.9. The van der Waals surface area contributed by atoms with Gasteiger partial charge in [0.25, 0.3) is 10.0 Å². The van der Waals surface area contributed by atoms with Gasteiger partial charge in [-0.3, -0.25) is 9.52 Å². The van der Waals surface area contributed by atoms with Gasteiger partial charge >= 0.3 is 5.97 Å². The van der Waals surface area contributed by atoms with Crippen LogP contribution in [0, 0.1) is 5.92 Å². The molecule has 0 aliphatic carbocycles. The summed E-state index contributed by atoms with van der Waals surface area (Å²) in [5.41, 5.74) is 0.309. The maximum atomic E-state index is 13.0. The molecule has 0 radical (unpaired) electrons. The molecule has 32 heavy (non-hydrogen) atoms. The molecule has 0 aromatic heterocycles. The molecular weight excluding hydrogens is 460 g/mol. The van der Waals surface area contributed by atoms with Crippen LogP contribution in [0.2, 0.25) is 0 Å². The number of hydrogen-bond acceptors (Lipinski definition) is 8. The van der Waals surface area contributed by atoms with Crippen molar-refractivity contribution in [3.8, 4) is 5.75 Å². The van der Waals surface area contributed by atoms with E-state index in [0.29, 0.717) is 4.31 Å². The molecule has 1 aliphatic heterocycles. The lowest BCUT2D eigenvalue weighted by molar-refractivity contribution is -0.119. The third-order valence-electron chi connectivity index (χ3n) is 4.68. The normalized spacial score (nSPS) is 17.8. The second-order valence-corrected chi connectivity index (χ2v) is 10.5. The van der Waals surface area contributed by atoms with Crippen molar-refractivity contribution in [2.75, 3.05) is 28.5 Å². The smallest absolute Gasteiger partial charge is 0.338 e. The Kier molecular flexibility index (Phi) is 6.46. The van der Waals surface area contributed by atoms with Crippen molar-refractivity contribution in [3.05, 3.63) is 48.0 Å². The summed E-state index contributed by atoms with van der Waals surface area (Å²) in [6, 6.07) is 9.23. The fourth-order valence-corrected chi connectivity index (χ4v) is 6.25. The zero-order chi connectivity index (χ0) is 23.7. The third kappa shape index (κ3) is 4.55. The number of hydrogen-bond donors (Lipinski definition) is 1. The molecule has 1 aliphatic rings. The van der Waals surface area contributed by atoms with Crippen molar-refractivity contribution < 1.29 is 35.9 Å². The average molecular weight is 483 g/mol. The Balaban J connectivity index is 1.96. The number of carbonyl (C=O) groups is 2. The number of nitrogens with one attached hydrogen (secondary N) is 1. The highest BCUT2D eigenvalue weighted by Gasteiger charge is 2.42. The van der Waals surface area contributed by atoms with E-state index in [2.05, 4.69) is 4.72 Å². The molecule has 1 saturated heterocycles. The minimum atomic E-state index is -4.24. The van der Waals surface area contributed by atoms with Gasteiger partial charge in [0.1, 0.15) is 10.6 Å². The Hall–Kier alpha value is -3.12. The number of carbonyl (C=O) groups excluding carboxylic acids is 2. The Morgan fingerprint density at radius 1 is 1.19 bits per heavy atom. The van der Waals surface area contributed by atoms with Gasteiger partial charge < -0.3 is 9.47 Å². The van der Waals surface area contributed by atoms with Gasteiger partial charge in [0, 0.05) is 5.69 Å². The molecule has 10 nitrogen and oxygen atoms in total. The highest BCUT2D eigenvalue weighted by atomic mass is 32.2. The van der Waals surface area contributed by atoms with E-state index in [1.165, 1.54) is 50.4 Å². The Morgan fingerprint density at radius 3 is 2.38 bits per heavy atom. The van der Waals surface area contributed by atoms with Crippen molar-refractivity contribution in [2.45, 2.75) is 18.7 Å². The Morgan fingerprint density at radius 2 is 1.84 bits per heavy atom. The monoisotopic (exact) mass is 482 g/mol. The van der Waals surface area contributed by atoms with Crippen LogP contribution >= 0.6 is 0 Å². The molecule has 0 bridgehead atoms. The van der Waals surface area contributed by atoms with Crippen molar-refractivity contribution in [1.82, 2.24) is 0 Å². The predicted octanol–water partition coefficient (Wildman–Crippen LogP) is 1.99. The van der Waals surface area contributed by atoms with Crippen molar-refractivity contribution in [3.63, 3.8) is 0 Å². The lowest BCUT2D eigenvalue weighted by Gasteiger charge is -2.18. The van der Waals surface area contributed by atoms with E-state index < -0.39 is 37.8 Å². The first-order valence-corrected chi connectivity index (χ1v) is 12.6. The lowest BCUT2D eigenvalue weighted by atomic mass is 10.2. The predicted molar refractivity (Wildman–Crippen MR) is 117 cm³/mol. The zero-order valence-electron chi connectivity index (χ0n) is 17.6. The molecule has 0 spiro atoms. The standard InChI is InChI=1S/C20H22N2O8S2/c1-4-30-20(24)14-5-7-15(8-6-14)21-32(27,28)18-11-16(9-10-17(18)29-3)22-19(23)13(2)12-31(22,25)26/h5-11,13,21H,4,12H2,1-3H3. The van der Waals surface area contributed by atoms with E-state index in [1.54, 1.807) is 6.92 Å². The fourth-order valence-electron chi connectivity index (χ4n) is 3.19. The number of benzene rings is 2. The number of rotatable bonds is 7. The van der Waals surface area contributed by atoms with Gasteiger partial charge in [-0.1, -0.05) is 6.92 Å². The molecule has 1 unspecified atom stereocenters. The van der Waals surface area contributed by atoms with Crippen LogP contribution in [0.3, 0.4) is 0 Å². The summed E-state index contributed by atoms with van der Waals surface area (Å²) in [5.74, 6) is -2.31. The first-order valence-electron chi connectivity index (χ1n) is 9.55. The first kappa shape index (κ1) is 23.5. The maximum absolute atomic E-state index is 13.0. The van der Waals surface area contributed by atoms with Crippen molar-refractivity contribution in [1.29, 1.82) is 0 Å². The summed E-state index contributed by atoms with van der Waals surface area (Å²) in [4.78, 5) is 23.8. The number of esters is 1. The van der Waals surface area contributed by atoms with Gasteiger partial charge in [0.05, 0.1) is 36.6 Å². The van der Waals surface area contributed by atoms with Gasteiger partial charge in [-0.25, -0.2) is 25.9 Å². The number of anilines is 2. The van der Waals surface area contributed by atoms with E-state index in [1.807, 2.05) is 0 Å². The van der Waals surface area contributed by atoms with Gasteiger partial charge in [-0.2, -0.15) is 0 Å². The molecule has 1 fully saturated rings. The molecule has 12 heteroatoms. The van der Waals surface area contributed by atoms with E-state index in [0.717, 1.165) is 6.07 Å². The SMILES string of the molecule is CCOC(=O)c1ccc(NS(=O)(=O)c2cc(N3C(=O)C(C)CS3(=O)=O)ccc2OC)cc1. The average Bonchev–Trinajstić information content (AvgIpc) is 2.94. The molecule has 2 aromatic carbocycles. The molecule has 0 saturated carbocycles. The molecule has 172 valence electrons. The number of sulfonamides is 2. The fraction of sp³-hybridized carbons (Fsp3) is 0.300. The molecular formula is C20H22N2O8S2. The maximum Gasteiger partial charge on any atom is 0.338 e. The highest BCUT2D eigenvalue weighted by Crippen LogP contribution is 2.34. The number of amides is 1. The van der Waals surface area contributed by atoms with Crippen LogP contribution in [-0.4, -0.2) is 48.2 Å². The molecule has 1 N–H and O–H groups in total.